The maximum Gasteiger partial charge on any atom is 0.344 e. The van der Waals surface area contributed by atoms with Crippen LogP contribution < -0.4 is 4.74 Å². The molecule has 0 saturated carbocycles. The van der Waals surface area contributed by atoms with Gasteiger partial charge < -0.3 is 9.47 Å². The van der Waals surface area contributed by atoms with E-state index in [4.69, 9.17) is 14.7 Å². The van der Waals surface area contributed by atoms with E-state index in [9.17, 15) is 4.79 Å². The summed E-state index contributed by atoms with van der Waals surface area (Å²) in [6.45, 7) is 3.47. The second-order valence-electron chi connectivity index (χ2n) is 3.81. The maximum absolute atomic E-state index is 11.2. The molecular weight excluding hydrogens is 218 g/mol. The predicted octanol–water partition coefficient (Wildman–Crippen LogP) is 2.08. The number of hydrogen-bond donors (Lipinski definition) is 0. The number of rotatable bonds is 5. The molecule has 0 aliphatic carbocycles. The second-order valence-corrected chi connectivity index (χ2v) is 3.81. The minimum Gasteiger partial charge on any atom is -0.482 e. The van der Waals surface area contributed by atoms with E-state index in [-0.39, 0.29) is 18.7 Å². The Morgan fingerprint density at radius 2 is 2.00 bits per heavy atom. The minimum atomic E-state index is -0.388. The Labute approximate surface area is 101 Å². The van der Waals surface area contributed by atoms with E-state index in [0.29, 0.717) is 12.2 Å². The molecule has 0 atom stereocenters. The lowest BCUT2D eigenvalue weighted by atomic mass is 10.2. The molecule has 0 spiro atoms. The highest BCUT2D eigenvalue weighted by molar-refractivity contribution is 5.71. The van der Waals surface area contributed by atoms with Crippen LogP contribution in [0.3, 0.4) is 0 Å². The van der Waals surface area contributed by atoms with Crippen molar-refractivity contribution in [1.82, 2.24) is 0 Å². The Morgan fingerprint density at radius 1 is 1.35 bits per heavy atom. The normalized spacial score (nSPS) is 9.76. The van der Waals surface area contributed by atoms with Gasteiger partial charge in [-0.05, 0) is 31.5 Å². The topological polar surface area (TPSA) is 59.3 Å². The monoisotopic (exact) mass is 233 g/mol. The van der Waals surface area contributed by atoms with E-state index in [1.807, 2.05) is 0 Å². The van der Waals surface area contributed by atoms with E-state index in [1.165, 1.54) is 0 Å². The largest absolute Gasteiger partial charge is 0.482 e. The Kier molecular flexibility index (Phi) is 5.02. The summed E-state index contributed by atoms with van der Waals surface area (Å²) >= 11 is 0. The van der Waals surface area contributed by atoms with Crippen LogP contribution in [0, 0.1) is 11.3 Å². The number of ether oxygens (including phenoxy) is 2. The molecule has 17 heavy (non-hydrogen) atoms. The summed E-state index contributed by atoms with van der Waals surface area (Å²) in [5, 5.41) is 8.51. The lowest BCUT2D eigenvalue weighted by Gasteiger charge is -2.09. The maximum atomic E-state index is 11.2. The van der Waals surface area contributed by atoms with Gasteiger partial charge in [-0.15, -0.1) is 0 Å². The van der Waals surface area contributed by atoms with Crippen LogP contribution >= 0.6 is 0 Å². The molecule has 0 fully saturated rings. The van der Waals surface area contributed by atoms with E-state index in [2.05, 4.69) is 6.07 Å². The molecule has 4 nitrogen and oxygen atoms in total. The Hall–Kier alpha value is -2.02. The quantitative estimate of drug-likeness (QED) is 0.730. The molecule has 0 bridgehead atoms. The van der Waals surface area contributed by atoms with Gasteiger partial charge in [0.25, 0.3) is 0 Å². The third kappa shape index (κ3) is 5.03. The van der Waals surface area contributed by atoms with Gasteiger partial charge in [0.15, 0.2) is 6.61 Å². The number of nitrogens with zero attached hydrogens (tertiary/aromatic N) is 1. The number of hydrogen-bond acceptors (Lipinski definition) is 4. The average molecular weight is 233 g/mol. The molecule has 0 aliphatic heterocycles. The van der Waals surface area contributed by atoms with Crippen molar-refractivity contribution in [3.63, 3.8) is 0 Å². The van der Waals surface area contributed by atoms with Crippen molar-refractivity contribution in [3.05, 3.63) is 29.8 Å². The molecule has 0 aliphatic rings. The highest BCUT2D eigenvalue weighted by atomic mass is 16.6. The number of nitriles is 1. The van der Waals surface area contributed by atoms with Crippen LogP contribution in [0.15, 0.2) is 24.3 Å². The molecular formula is C13H15NO3. The van der Waals surface area contributed by atoms with Gasteiger partial charge >= 0.3 is 5.97 Å². The van der Waals surface area contributed by atoms with Gasteiger partial charge in [0.1, 0.15) is 5.75 Å². The summed E-state index contributed by atoms with van der Waals surface area (Å²) in [4.78, 5) is 11.2. The van der Waals surface area contributed by atoms with Crippen LogP contribution in [0.5, 0.6) is 5.75 Å². The first-order valence-electron chi connectivity index (χ1n) is 5.40. The zero-order chi connectivity index (χ0) is 12.7. The van der Waals surface area contributed by atoms with Crippen LogP contribution in [-0.2, 0) is 16.0 Å². The molecule has 1 aromatic rings. The molecule has 90 valence electrons. The fourth-order valence-electron chi connectivity index (χ4n) is 1.23. The zero-order valence-electron chi connectivity index (χ0n) is 9.97. The highest BCUT2D eigenvalue weighted by Crippen LogP contribution is 2.12. The summed E-state index contributed by atoms with van der Waals surface area (Å²) in [6.07, 6.45) is 0.236. The van der Waals surface area contributed by atoms with E-state index in [1.54, 1.807) is 38.1 Å². The summed E-state index contributed by atoms with van der Waals surface area (Å²) < 4.78 is 10.2. The second kappa shape index (κ2) is 6.54. The number of esters is 1. The van der Waals surface area contributed by atoms with Gasteiger partial charge in [-0.25, -0.2) is 4.79 Å². The Bertz CT molecular complexity index is 404. The van der Waals surface area contributed by atoms with Crippen LogP contribution in [0.2, 0.25) is 0 Å². The summed E-state index contributed by atoms with van der Waals surface area (Å²) in [6, 6.07) is 9.12. The minimum absolute atomic E-state index is 0.101. The van der Waals surface area contributed by atoms with E-state index in [0.717, 1.165) is 5.56 Å². The highest BCUT2D eigenvalue weighted by Gasteiger charge is 2.06. The number of carbonyl (C=O) groups excluding carboxylic acids is 1. The molecule has 0 saturated heterocycles. The lowest BCUT2D eigenvalue weighted by Crippen LogP contribution is -2.18. The smallest absolute Gasteiger partial charge is 0.344 e. The lowest BCUT2D eigenvalue weighted by molar-refractivity contribution is -0.149. The van der Waals surface area contributed by atoms with Crippen molar-refractivity contribution in [2.75, 3.05) is 6.61 Å². The van der Waals surface area contributed by atoms with E-state index >= 15 is 0 Å². The molecule has 0 heterocycles. The molecule has 0 N–H and O–H groups in total. The molecule has 4 heteroatoms. The van der Waals surface area contributed by atoms with Crippen LogP contribution in [0.25, 0.3) is 0 Å². The van der Waals surface area contributed by atoms with Gasteiger partial charge in [0.05, 0.1) is 18.6 Å². The van der Waals surface area contributed by atoms with Gasteiger partial charge in [-0.1, -0.05) is 12.1 Å². The van der Waals surface area contributed by atoms with E-state index < -0.39 is 0 Å². The first kappa shape index (κ1) is 13.0. The number of benzene rings is 1. The number of carbonyl (C=O) groups is 1. The van der Waals surface area contributed by atoms with Gasteiger partial charge in [0.2, 0.25) is 0 Å². The predicted molar refractivity (Wildman–Crippen MR) is 62.5 cm³/mol. The molecule has 0 aromatic heterocycles. The van der Waals surface area contributed by atoms with Crippen molar-refractivity contribution in [2.45, 2.75) is 26.4 Å². The zero-order valence-corrected chi connectivity index (χ0v) is 9.97. The summed E-state index contributed by atoms with van der Waals surface area (Å²) in [5.41, 5.74) is 0.921. The third-order valence-corrected chi connectivity index (χ3v) is 1.93. The van der Waals surface area contributed by atoms with Crippen molar-refractivity contribution in [2.24, 2.45) is 0 Å². The summed E-state index contributed by atoms with van der Waals surface area (Å²) in [5.74, 6) is 0.202. The van der Waals surface area contributed by atoms with Crippen molar-refractivity contribution in [3.8, 4) is 11.8 Å². The fourth-order valence-corrected chi connectivity index (χ4v) is 1.23. The Morgan fingerprint density at radius 3 is 2.53 bits per heavy atom. The standard InChI is InChI=1S/C13H15NO3/c1-10(2)17-13(15)9-16-12-5-3-11(4-6-12)7-8-14/h3-6,10H,7,9H2,1-2H3. The van der Waals surface area contributed by atoms with Crippen LogP contribution in [0.1, 0.15) is 19.4 Å². The van der Waals surface area contributed by atoms with Gasteiger partial charge in [-0.3, -0.25) is 0 Å². The molecule has 1 aromatic carbocycles. The van der Waals surface area contributed by atoms with Crippen molar-refractivity contribution < 1.29 is 14.3 Å². The van der Waals surface area contributed by atoms with Crippen molar-refractivity contribution in [1.29, 1.82) is 5.26 Å². The first-order valence-corrected chi connectivity index (χ1v) is 5.40. The molecule has 1 rings (SSSR count). The van der Waals surface area contributed by atoms with Crippen LogP contribution in [-0.4, -0.2) is 18.7 Å². The third-order valence-electron chi connectivity index (χ3n) is 1.93. The van der Waals surface area contributed by atoms with Gasteiger partial charge in [-0.2, -0.15) is 5.26 Å². The molecule has 0 unspecified atom stereocenters. The van der Waals surface area contributed by atoms with Gasteiger partial charge in [0, 0.05) is 0 Å². The SMILES string of the molecule is CC(C)OC(=O)COc1ccc(CC#N)cc1. The van der Waals surface area contributed by atoms with Crippen LogP contribution in [0.4, 0.5) is 0 Å². The summed E-state index contributed by atoms with van der Waals surface area (Å²) in [7, 11) is 0. The fraction of sp³-hybridized carbons (Fsp3) is 0.385. The average Bonchev–Trinajstić information content (AvgIpc) is 2.28. The molecule has 0 amide bonds. The Balaban J connectivity index is 2.42. The first-order chi connectivity index (χ1) is 8.11. The van der Waals surface area contributed by atoms with Crippen molar-refractivity contribution >= 4 is 5.97 Å². The molecule has 0 radical (unpaired) electrons.